The van der Waals surface area contributed by atoms with Crippen molar-refractivity contribution >= 4 is 21.8 Å². The maximum Gasteiger partial charge on any atom is 0.222 e. The van der Waals surface area contributed by atoms with Gasteiger partial charge >= 0.3 is 0 Å². The second kappa shape index (κ2) is 6.20. The number of piperidine rings is 1. The van der Waals surface area contributed by atoms with E-state index < -0.39 is 0 Å². The fourth-order valence-electron chi connectivity index (χ4n) is 2.20. The summed E-state index contributed by atoms with van der Waals surface area (Å²) in [6, 6.07) is 8.21. The van der Waals surface area contributed by atoms with Crippen LogP contribution in [0.3, 0.4) is 0 Å². The van der Waals surface area contributed by atoms with Gasteiger partial charge < -0.3 is 4.90 Å². The van der Waals surface area contributed by atoms with Crippen LogP contribution in [0.2, 0.25) is 0 Å². The van der Waals surface area contributed by atoms with Crippen molar-refractivity contribution in [3.63, 3.8) is 0 Å². The molecule has 1 fully saturated rings. The zero-order chi connectivity index (χ0) is 12.1. The minimum Gasteiger partial charge on any atom is -0.343 e. The smallest absolute Gasteiger partial charge is 0.222 e. The lowest BCUT2D eigenvalue weighted by molar-refractivity contribution is -0.132. The van der Waals surface area contributed by atoms with Crippen LogP contribution in [-0.2, 0) is 11.2 Å². The number of rotatable bonds is 3. The highest BCUT2D eigenvalue weighted by atomic mass is 79.9. The van der Waals surface area contributed by atoms with Gasteiger partial charge in [0.2, 0.25) is 5.91 Å². The van der Waals surface area contributed by atoms with Crippen molar-refractivity contribution in [3.8, 4) is 0 Å². The van der Waals surface area contributed by atoms with Crippen molar-refractivity contribution < 1.29 is 4.79 Å². The van der Waals surface area contributed by atoms with E-state index in [1.54, 1.807) is 0 Å². The summed E-state index contributed by atoms with van der Waals surface area (Å²) in [7, 11) is 0. The van der Waals surface area contributed by atoms with Gasteiger partial charge in [0.25, 0.3) is 0 Å². The zero-order valence-electron chi connectivity index (χ0n) is 9.99. The van der Waals surface area contributed by atoms with E-state index in [-0.39, 0.29) is 0 Å². The molecule has 3 heteroatoms. The van der Waals surface area contributed by atoms with Crippen LogP contribution in [0.5, 0.6) is 0 Å². The molecule has 0 radical (unpaired) electrons. The Hall–Kier alpha value is -0.830. The van der Waals surface area contributed by atoms with E-state index in [2.05, 4.69) is 28.1 Å². The molecular formula is C14H18BrNO. The van der Waals surface area contributed by atoms with Crippen molar-refractivity contribution in [1.82, 2.24) is 4.90 Å². The van der Waals surface area contributed by atoms with Crippen LogP contribution in [0, 0.1) is 0 Å². The minimum atomic E-state index is 0.313. The van der Waals surface area contributed by atoms with Crippen molar-refractivity contribution in [2.45, 2.75) is 32.1 Å². The van der Waals surface area contributed by atoms with Crippen LogP contribution in [0.1, 0.15) is 31.2 Å². The summed E-state index contributed by atoms with van der Waals surface area (Å²) < 4.78 is 1.09. The molecule has 0 bridgehead atoms. The molecule has 17 heavy (non-hydrogen) atoms. The Morgan fingerprint density at radius 3 is 2.41 bits per heavy atom. The molecule has 0 unspecified atom stereocenters. The van der Waals surface area contributed by atoms with Gasteiger partial charge in [-0.05, 0) is 43.4 Å². The lowest BCUT2D eigenvalue weighted by Gasteiger charge is -2.26. The monoisotopic (exact) mass is 295 g/mol. The Labute approximate surface area is 111 Å². The molecule has 0 spiro atoms. The summed E-state index contributed by atoms with van der Waals surface area (Å²) in [6.07, 6.45) is 5.11. The largest absolute Gasteiger partial charge is 0.343 e. The molecule has 2 nitrogen and oxygen atoms in total. The number of halogens is 1. The van der Waals surface area contributed by atoms with Gasteiger partial charge in [-0.25, -0.2) is 0 Å². The number of amides is 1. The highest BCUT2D eigenvalue weighted by molar-refractivity contribution is 9.10. The van der Waals surface area contributed by atoms with E-state index in [0.29, 0.717) is 12.3 Å². The van der Waals surface area contributed by atoms with E-state index in [1.807, 2.05) is 17.0 Å². The fourth-order valence-corrected chi connectivity index (χ4v) is 2.47. The first-order valence-electron chi connectivity index (χ1n) is 6.28. The first-order chi connectivity index (χ1) is 8.25. The molecule has 1 aromatic carbocycles. The number of carbonyl (C=O) groups is 1. The molecule has 1 aliphatic rings. The molecular weight excluding hydrogens is 278 g/mol. The molecule has 0 aliphatic carbocycles. The third kappa shape index (κ3) is 3.84. The second-order valence-corrected chi connectivity index (χ2v) is 5.48. The number of aryl methyl sites for hydroxylation is 1. The quantitative estimate of drug-likeness (QED) is 0.837. The van der Waals surface area contributed by atoms with E-state index in [1.165, 1.54) is 24.8 Å². The second-order valence-electron chi connectivity index (χ2n) is 4.57. The standard InChI is InChI=1S/C14H18BrNO/c15-13-7-4-12(5-8-13)6-9-14(17)16-10-2-1-3-11-16/h4-5,7-8H,1-3,6,9-11H2. The average molecular weight is 296 g/mol. The van der Waals surface area contributed by atoms with Crippen molar-refractivity contribution in [1.29, 1.82) is 0 Å². The van der Waals surface area contributed by atoms with Crippen LogP contribution in [0.4, 0.5) is 0 Å². The molecule has 1 aromatic rings. The highest BCUT2D eigenvalue weighted by Gasteiger charge is 2.15. The number of carbonyl (C=O) groups excluding carboxylic acids is 1. The van der Waals surface area contributed by atoms with E-state index in [9.17, 15) is 4.79 Å². The first kappa shape index (κ1) is 12.6. The Balaban J connectivity index is 1.81. The Morgan fingerprint density at radius 1 is 1.12 bits per heavy atom. The molecule has 2 rings (SSSR count). The zero-order valence-corrected chi connectivity index (χ0v) is 11.6. The first-order valence-corrected chi connectivity index (χ1v) is 7.07. The molecule has 1 heterocycles. The van der Waals surface area contributed by atoms with Gasteiger partial charge in [0.1, 0.15) is 0 Å². The van der Waals surface area contributed by atoms with Crippen LogP contribution >= 0.6 is 15.9 Å². The Kier molecular flexibility index (Phi) is 4.60. The number of nitrogens with zero attached hydrogens (tertiary/aromatic N) is 1. The maximum absolute atomic E-state index is 12.0. The summed E-state index contributed by atoms with van der Waals surface area (Å²) >= 11 is 3.41. The van der Waals surface area contributed by atoms with Crippen molar-refractivity contribution in [3.05, 3.63) is 34.3 Å². The Morgan fingerprint density at radius 2 is 1.76 bits per heavy atom. The SMILES string of the molecule is O=C(CCc1ccc(Br)cc1)N1CCCCC1. The van der Waals surface area contributed by atoms with Crippen molar-refractivity contribution in [2.24, 2.45) is 0 Å². The lowest BCUT2D eigenvalue weighted by atomic mass is 10.1. The maximum atomic E-state index is 12.0. The normalized spacial score (nSPS) is 15.9. The van der Waals surface area contributed by atoms with Crippen LogP contribution < -0.4 is 0 Å². The van der Waals surface area contributed by atoms with Gasteiger partial charge in [0.15, 0.2) is 0 Å². The van der Waals surface area contributed by atoms with E-state index in [4.69, 9.17) is 0 Å². The lowest BCUT2D eigenvalue weighted by Crippen LogP contribution is -2.35. The molecule has 1 saturated heterocycles. The number of hydrogen-bond acceptors (Lipinski definition) is 1. The van der Waals surface area contributed by atoms with E-state index in [0.717, 1.165) is 24.0 Å². The molecule has 1 amide bonds. The summed E-state index contributed by atoms with van der Waals surface area (Å²) in [5, 5.41) is 0. The molecule has 0 N–H and O–H groups in total. The van der Waals surface area contributed by atoms with Gasteiger partial charge in [-0.1, -0.05) is 28.1 Å². The summed E-state index contributed by atoms with van der Waals surface area (Å²) in [5.74, 6) is 0.313. The fraction of sp³-hybridized carbons (Fsp3) is 0.500. The minimum absolute atomic E-state index is 0.313. The molecule has 0 atom stereocenters. The highest BCUT2D eigenvalue weighted by Crippen LogP contribution is 2.14. The summed E-state index contributed by atoms with van der Waals surface area (Å²) in [5.41, 5.74) is 1.23. The van der Waals surface area contributed by atoms with Crippen LogP contribution in [0.25, 0.3) is 0 Å². The number of hydrogen-bond donors (Lipinski definition) is 0. The topological polar surface area (TPSA) is 20.3 Å². The molecule has 1 aliphatic heterocycles. The third-order valence-corrected chi connectivity index (χ3v) is 3.78. The predicted octanol–water partition coefficient (Wildman–Crippen LogP) is 3.39. The van der Waals surface area contributed by atoms with Gasteiger partial charge in [-0.15, -0.1) is 0 Å². The molecule has 0 saturated carbocycles. The average Bonchev–Trinajstić information content (AvgIpc) is 2.39. The van der Waals surface area contributed by atoms with Gasteiger partial charge in [-0.2, -0.15) is 0 Å². The van der Waals surface area contributed by atoms with Gasteiger partial charge in [0, 0.05) is 24.0 Å². The molecule has 92 valence electrons. The molecule has 0 aromatic heterocycles. The third-order valence-electron chi connectivity index (χ3n) is 3.25. The van der Waals surface area contributed by atoms with Gasteiger partial charge in [0.05, 0.1) is 0 Å². The van der Waals surface area contributed by atoms with Crippen molar-refractivity contribution in [2.75, 3.05) is 13.1 Å². The Bertz CT molecular complexity index is 368. The summed E-state index contributed by atoms with van der Waals surface area (Å²) in [4.78, 5) is 14.0. The number of likely N-dealkylation sites (tertiary alicyclic amines) is 1. The van der Waals surface area contributed by atoms with Gasteiger partial charge in [-0.3, -0.25) is 4.79 Å². The van der Waals surface area contributed by atoms with Crippen LogP contribution in [-0.4, -0.2) is 23.9 Å². The summed E-state index contributed by atoms with van der Waals surface area (Å²) in [6.45, 7) is 1.92. The van der Waals surface area contributed by atoms with E-state index >= 15 is 0 Å². The number of benzene rings is 1. The predicted molar refractivity (Wildman–Crippen MR) is 72.9 cm³/mol. The van der Waals surface area contributed by atoms with Crippen LogP contribution in [0.15, 0.2) is 28.7 Å².